The lowest BCUT2D eigenvalue weighted by Crippen LogP contribution is -2.23. The van der Waals surface area contributed by atoms with Crippen molar-refractivity contribution >= 4 is 46.6 Å². The molecule has 1 aliphatic heterocycles. The number of hydrogen-bond acceptors (Lipinski definition) is 6. The highest BCUT2D eigenvalue weighted by molar-refractivity contribution is 8.00. The molecule has 0 fully saturated rings. The predicted molar refractivity (Wildman–Crippen MR) is 118 cm³/mol. The number of ether oxygens (including phenoxy) is 2. The molecule has 0 bridgehead atoms. The largest absolute Gasteiger partial charge is 0.454 e. The molecule has 0 saturated carbocycles. The van der Waals surface area contributed by atoms with Crippen molar-refractivity contribution in [3.63, 3.8) is 0 Å². The van der Waals surface area contributed by atoms with Crippen molar-refractivity contribution in [3.05, 3.63) is 46.4 Å². The first-order valence-electron chi connectivity index (χ1n) is 9.22. The second-order valence-electron chi connectivity index (χ2n) is 6.49. The number of aromatic nitrogens is 3. The Balaban J connectivity index is 1.49. The molecule has 7 nitrogen and oxygen atoms in total. The first-order valence-corrected chi connectivity index (χ1v) is 10.9. The number of thioether (sulfide) groups is 1. The number of fused-ring (bicyclic) bond motifs is 1. The summed E-state index contributed by atoms with van der Waals surface area (Å²) in [5.41, 5.74) is 1.38. The Bertz CT molecular complexity index is 1110. The molecule has 0 radical (unpaired) electrons. The average molecular weight is 465 g/mol. The van der Waals surface area contributed by atoms with E-state index in [1.807, 2.05) is 24.5 Å². The van der Waals surface area contributed by atoms with Crippen LogP contribution in [0.1, 0.15) is 13.8 Å². The third kappa shape index (κ3) is 4.21. The van der Waals surface area contributed by atoms with Gasteiger partial charge in [-0.2, -0.15) is 0 Å². The number of nitrogens with one attached hydrogen (secondary N) is 1. The number of anilines is 1. The van der Waals surface area contributed by atoms with Crippen molar-refractivity contribution in [1.29, 1.82) is 0 Å². The molecule has 30 heavy (non-hydrogen) atoms. The van der Waals surface area contributed by atoms with Crippen molar-refractivity contribution in [2.75, 3.05) is 12.1 Å². The van der Waals surface area contributed by atoms with Crippen LogP contribution in [-0.4, -0.2) is 32.7 Å². The molecule has 0 saturated heterocycles. The molecular formula is C20H18Cl2N4O3S. The fourth-order valence-electron chi connectivity index (χ4n) is 2.96. The van der Waals surface area contributed by atoms with Gasteiger partial charge in [-0.3, -0.25) is 4.79 Å². The van der Waals surface area contributed by atoms with Gasteiger partial charge in [0.1, 0.15) is 0 Å². The molecule has 4 rings (SSSR count). The van der Waals surface area contributed by atoms with Gasteiger partial charge in [-0.05, 0) is 44.2 Å². The number of rotatable bonds is 6. The standard InChI is InChI=1S/C20H18Cl2N4O3S/c1-3-26-18(14-6-4-12(21)8-15(14)22)24-25-20(26)30-11(2)19(27)23-13-5-7-16-17(9-13)29-10-28-16/h4-9,11H,3,10H2,1-2H3,(H,23,27)/t11-/m1/s1. The molecule has 156 valence electrons. The van der Waals surface area contributed by atoms with Gasteiger partial charge in [0.25, 0.3) is 0 Å². The van der Waals surface area contributed by atoms with Gasteiger partial charge in [-0.1, -0.05) is 35.0 Å². The summed E-state index contributed by atoms with van der Waals surface area (Å²) >= 11 is 13.7. The van der Waals surface area contributed by atoms with Crippen molar-refractivity contribution in [3.8, 4) is 22.9 Å². The second kappa shape index (κ2) is 8.75. The zero-order valence-electron chi connectivity index (χ0n) is 16.2. The van der Waals surface area contributed by atoms with Crippen LogP contribution in [0.3, 0.4) is 0 Å². The Kier molecular flexibility index (Phi) is 6.08. The minimum atomic E-state index is -0.404. The molecule has 1 amide bonds. The zero-order valence-corrected chi connectivity index (χ0v) is 18.5. The lowest BCUT2D eigenvalue weighted by molar-refractivity contribution is -0.115. The SMILES string of the molecule is CCn1c(S[C@H](C)C(=O)Nc2ccc3c(c2)OCO3)nnc1-c1ccc(Cl)cc1Cl. The Morgan fingerprint density at radius 1 is 1.20 bits per heavy atom. The Hall–Kier alpha value is -2.42. The molecule has 1 N–H and O–H groups in total. The van der Waals surface area contributed by atoms with Crippen molar-refractivity contribution in [1.82, 2.24) is 14.8 Å². The first-order chi connectivity index (χ1) is 14.5. The van der Waals surface area contributed by atoms with E-state index >= 15 is 0 Å². The van der Waals surface area contributed by atoms with Crippen molar-refractivity contribution < 1.29 is 14.3 Å². The summed E-state index contributed by atoms with van der Waals surface area (Å²) in [4.78, 5) is 12.7. The lowest BCUT2D eigenvalue weighted by atomic mass is 10.2. The second-order valence-corrected chi connectivity index (χ2v) is 8.64. The summed E-state index contributed by atoms with van der Waals surface area (Å²) in [7, 11) is 0. The summed E-state index contributed by atoms with van der Waals surface area (Å²) in [6.07, 6.45) is 0. The van der Waals surface area contributed by atoms with Crippen LogP contribution < -0.4 is 14.8 Å². The normalized spacial score (nSPS) is 13.3. The zero-order chi connectivity index (χ0) is 21.3. The van der Waals surface area contributed by atoms with Crippen molar-refractivity contribution in [2.24, 2.45) is 0 Å². The number of hydrogen-bond donors (Lipinski definition) is 1. The topological polar surface area (TPSA) is 78.3 Å². The molecule has 0 spiro atoms. The number of amides is 1. The van der Waals surface area contributed by atoms with Crippen LogP contribution in [-0.2, 0) is 11.3 Å². The van der Waals surface area contributed by atoms with Crippen LogP contribution in [0.15, 0.2) is 41.6 Å². The minimum Gasteiger partial charge on any atom is -0.454 e. The van der Waals surface area contributed by atoms with E-state index in [1.165, 1.54) is 11.8 Å². The minimum absolute atomic E-state index is 0.157. The van der Waals surface area contributed by atoms with E-state index in [0.717, 1.165) is 5.56 Å². The molecule has 1 aromatic heterocycles. The quantitative estimate of drug-likeness (QED) is 0.510. The molecule has 0 aliphatic carbocycles. The van der Waals surface area contributed by atoms with Crippen LogP contribution >= 0.6 is 35.0 Å². The summed E-state index contributed by atoms with van der Waals surface area (Å²) in [5, 5.41) is 12.7. The number of carbonyl (C=O) groups excluding carboxylic acids is 1. The van der Waals surface area contributed by atoms with Gasteiger partial charge in [-0.25, -0.2) is 0 Å². The van der Waals surface area contributed by atoms with Gasteiger partial charge in [0.05, 0.1) is 10.3 Å². The molecule has 2 aromatic carbocycles. The van der Waals surface area contributed by atoms with E-state index in [0.29, 0.717) is 44.8 Å². The van der Waals surface area contributed by atoms with Crippen LogP contribution in [0.2, 0.25) is 10.0 Å². The van der Waals surface area contributed by atoms with Gasteiger partial charge in [0.15, 0.2) is 22.5 Å². The maximum Gasteiger partial charge on any atom is 0.237 e. The van der Waals surface area contributed by atoms with Crippen LogP contribution in [0.4, 0.5) is 5.69 Å². The molecule has 1 aliphatic rings. The average Bonchev–Trinajstić information content (AvgIpc) is 3.34. The Morgan fingerprint density at radius 3 is 2.77 bits per heavy atom. The number of halogens is 2. The van der Waals surface area contributed by atoms with E-state index in [9.17, 15) is 4.79 Å². The molecule has 3 aromatic rings. The Labute approximate surface area is 187 Å². The van der Waals surface area contributed by atoms with Gasteiger partial charge >= 0.3 is 0 Å². The smallest absolute Gasteiger partial charge is 0.237 e. The van der Waals surface area contributed by atoms with E-state index in [1.54, 1.807) is 30.3 Å². The summed E-state index contributed by atoms with van der Waals surface area (Å²) in [6.45, 7) is 4.61. The number of benzene rings is 2. The highest BCUT2D eigenvalue weighted by Crippen LogP contribution is 2.35. The van der Waals surface area contributed by atoms with Crippen LogP contribution in [0.25, 0.3) is 11.4 Å². The molecule has 0 unspecified atom stereocenters. The lowest BCUT2D eigenvalue weighted by Gasteiger charge is -2.13. The maximum atomic E-state index is 12.7. The van der Waals surface area contributed by atoms with Gasteiger partial charge < -0.3 is 19.4 Å². The molecule has 10 heteroatoms. The number of carbonyl (C=O) groups is 1. The first kappa shape index (κ1) is 20.8. The van der Waals surface area contributed by atoms with E-state index in [-0.39, 0.29) is 12.7 Å². The van der Waals surface area contributed by atoms with Gasteiger partial charge in [-0.15, -0.1) is 10.2 Å². The van der Waals surface area contributed by atoms with Crippen LogP contribution in [0, 0.1) is 0 Å². The predicted octanol–water partition coefficient (Wildman–Crippen LogP) is 5.12. The Morgan fingerprint density at radius 2 is 2.00 bits per heavy atom. The van der Waals surface area contributed by atoms with Crippen molar-refractivity contribution in [2.45, 2.75) is 30.8 Å². The van der Waals surface area contributed by atoms with E-state index in [2.05, 4.69) is 15.5 Å². The van der Waals surface area contributed by atoms with E-state index in [4.69, 9.17) is 32.7 Å². The summed E-state index contributed by atoms with van der Waals surface area (Å²) < 4.78 is 12.6. The fourth-order valence-corrected chi connectivity index (χ4v) is 4.37. The van der Waals surface area contributed by atoms with Crippen LogP contribution in [0.5, 0.6) is 11.5 Å². The highest BCUT2D eigenvalue weighted by Gasteiger charge is 2.22. The molecular weight excluding hydrogens is 447 g/mol. The maximum absolute atomic E-state index is 12.7. The van der Waals surface area contributed by atoms with E-state index < -0.39 is 5.25 Å². The number of nitrogens with zero attached hydrogens (tertiary/aromatic N) is 3. The monoisotopic (exact) mass is 464 g/mol. The molecule has 1 atom stereocenters. The summed E-state index contributed by atoms with van der Waals surface area (Å²) in [6, 6.07) is 10.5. The third-order valence-electron chi connectivity index (χ3n) is 4.50. The van der Waals surface area contributed by atoms with Gasteiger partial charge in [0, 0.05) is 28.9 Å². The van der Waals surface area contributed by atoms with Gasteiger partial charge in [0.2, 0.25) is 12.7 Å². The fraction of sp³-hybridized carbons (Fsp3) is 0.250. The molecule has 2 heterocycles. The third-order valence-corrected chi connectivity index (χ3v) is 6.12. The summed E-state index contributed by atoms with van der Waals surface area (Å²) in [5.74, 6) is 1.75. The highest BCUT2D eigenvalue weighted by atomic mass is 35.5.